The van der Waals surface area contributed by atoms with Gasteiger partial charge in [-0.1, -0.05) is 24.3 Å². The number of nitrogens with zero attached hydrogens (tertiary/aromatic N) is 1. The topological polar surface area (TPSA) is 55.8 Å². The van der Waals surface area contributed by atoms with Crippen LogP contribution < -0.4 is 9.64 Å². The molecule has 5 nitrogen and oxygen atoms in total. The van der Waals surface area contributed by atoms with E-state index in [-0.39, 0.29) is 11.9 Å². The molecule has 0 fully saturated rings. The van der Waals surface area contributed by atoms with Gasteiger partial charge in [-0.2, -0.15) is 0 Å². The van der Waals surface area contributed by atoms with Crippen LogP contribution in [0.4, 0.5) is 5.69 Å². The Morgan fingerprint density at radius 2 is 2.00 bits per heavy atom. The fourth-order valence-corrected chi connectivity index (χ4v) is 3.65. The van der Waals surface area contributed by atoms with E-state index in [2.05, 4.69) is 0 Å². The minimum Gasteiger partial charge on any atom is -0.480 e. The lowest BCUT2D eigenvalue weighted by Crippen LogP contribution is -2.44. The molecule has 1 unspecified atom stereocenters. The summed E-state index contributed by atoms with van der Waals surface area (Å²) in [5, 5.41) is 0. The van der Waals surface area contributed by atoms with E-state index >= 15 is 0 Å². The van der Waals surface area contributed by atoms with E-state index in [9.17, 15) is 9.59 Å². The van der Waals surface area contributed by atoms with Crippen LogP contribution in [0.2, 0.25) is 0 Å². The van der Waals surface area contributed by atoms with Crippen LogP contribution >= 0.6 is 0 Å². The summed E-state index contributed by atoms with van der Waals surface area (Å²) < 4.78 is 10.7. The van der Waals surface area contributed by atoms with Crippen LogP contribution in [-0.4, -0.2) is 31.6 Å². The molecule has 2 heterocycles. The first-order valence-corrected chi connectivity index (χ1v) is 8.45. The number of carbonyl (C=O) groups excluding carboxylic acids is 2. The number of anilines is 1. The lowest BCUT2D eigenvalue weighted by atomic mass is 9.95. The molecule has 0 aliphatic carbocycles. The molecule has 2 aromatic rings. The third-order valence-corrected chi connectivity index (χ3v) is 4.84. The van der Waals surface area contributed by atoms with Crippen molar-refractivity contribution in [1.82, 2.24) is 0 Å². The first kappa shape index (κ1) is 15.7. The smallest absolute Gasteiger partial charge is 0.338 e. The van der Waals surface area contributed by atoms with E-state index in [0.717, 1.165) is 35.4 Å². The van der Waals surface area contributed by atoms with Crippen LogP contribution in [-0.2, 0) is 22.4 Å². The summed E-state index contributed by atoms with van der Waals surface area (Å²) in [5.74, 6) is 0.358. The quantitative estimate of drug-likeness (QED) is 0.791. The van der Waals surface area contributed by atoms with E-state index in [0.29, 0.717) is 18.5 Å². The Morgan fingerprint density at radius 3 is 2.80 bits per heavy atom. The van der Waals surface area contributed by atoms with Crippen molar-refractivity contribution < 1.29 is 19.1 Å². The Balaban J connectivity index is 1.64. The van der Waals surface area contributed by atoms with E-state index < -0.39 is 6.10 Å². The average molecular weight is 337 g/mol. The molecule has 0 bridgehead atoms. The molecule has 0 saturated carbocycles. The summed E-state index contributed by atoms with van der Waals surface area (Å²) in [6.45, 7) is 0.632. The number of hydrogen-bond acceptors (Lipinski definition) is 4. The largest absolute Gasteiger partial charge is 0.480 e. The van der Waals surface area contributed by atoms with Crippen molar-refractivity contribution in [1.29, 1.82) is 0 Å². The predicted molar refractivity (Wildman–Crippen MR) is 93.0 cm³/mol. The summed E-state index contributed by atoms with van der Waals surface area (Å²) in [6, 6.07) is 13.2. The molecule has 0 N–H and O–H groups in total. The number of esters is 1. The van der Waals surface area contributed by atoms with Crippen LogP contribution in [0.3, 0.4) is 0 Å². The molecular weight excluding hydrogens is 318 g/mol. The Labute approximate surface area is 146 Å². The molecule has 0 radical (unpaired) electrons. The highest BCUT2D eigenvalue weighted by Crippen LogP contribution is 2.34. The Kier molecular flexibility index (Phi) is 3.92. The highest BCUT2D eigenvalue weighted by molar-refractivity contribution is 6.01. The molecule has 5 heteroatoms. The van der Waals surface area contributed by atoms with Gasteiger partial charge in [-0.3, -0.25) is 4.79 Å². The zero-order valence-corrected chi connectivity index (χ0v) is 14.0. The van der Waals surface area contributed by atoms with Gasteiger partial charge in [0, 0.05) is 18.7 Å². The maximum absolute atomic E-state index is 13.1. The first-order chi connectivity index (χ1) is 12.2. The molecule has 128 valence electrons. The van der Waals surface area contributed by atoms with Crippen LogP contribution in [0.25, 0.3) is 0 Å². The van der Waals surface area contributed by atoms with Gasteiger partial charge in [0.05, 0.1) is 12.7 Å². The van der Waals surface area contributed by atoms with E-state index in [1.807, 2.05) is 30.3 Å². The van der Waals surface area contributed by atoms with Gasteiger partial charge in [-0.05, 0) is 42.2 Å². The number of para-hydroxylation sites is 1. The van der Waals surface area contributed by atoms with Gasteiger partial charge in [-0.25, -0.2) is 4.79 Å². The maximum Gasteiger partial charge on any atom is 0.338 e. The van der Waals surface area contributed by atoms with Gasteiger partial charge in [0.25, 0.3) is 5.91 Å². The molecule has 4 rings (SSSR count). The Morgan fingerprint density at radius 1 is 1.16 bits per heavy atom. The fourth-order valence-electron chi connectivity index (χ4n) is 3.65. The van der Waals surface area contributed by atoms with Crippen molar-refractivity contribution in [2.45, 2.75) is 25.4 Å². The van der Waals surface area contributed by atoms with Crippen molar-refractivity contribution in [3.8, 4) is 5.75 Å². The third-order valence-electron chi connectivity index (χ3n) is 4.84. The normalized spacial score (nSPS) is 18.1. The average Bonchev–Trinajstić information content (AvgIpc) is 3.10. The number of amides is 1. The van der Waals surface area contributed by atoms with E-state index in [1.54, 1.807) is 17.0 Å². The van der Waals surface area contributed by atoms with Gasteiger partial charge in [0.15, 0.2) is 6.10 Å². The van der Waals surface area contributed by atoms with Crippen molar-refractivity contribution in [2.24, 2.45) is 0 Å². The van der Waals surface area contributed by atoms with Gasteiger partial charge in [0.2, 0.25) is 0 Å². The second kappa shape index (κ2) is 6.24. The zero-order chi connectivity index (χ0) is 17.4. The standard InChI is InChI=1S/C20H19NO4/c1-24-20(23)15-7-4-9-16-14(15)8-5-11-21(16)19(22)18-12-13-6-2-3-10-17(13)25-18/h2-4,6-7,9-10,18H,5,8,11-12H2,1H3. The molecule has 0 spiro atoms. The van der Waals surface area contributed by atoms with Gasteiger partial charge >= 0.3 is 5.97 Å². The molecule has 2 aliphatic heterocycles. The Hall–Kier alpha value is -2.82. The number of rotatable bonds is 2. The van der Waals surface area contributed by atoms with E-state index in [1.165, 1.54) is 7.11 Å². The predicted octanol–water partition coefficient (Wildman–Crippen LogP) is 2.76. The maximum atomic E-state index is 13.1. The number of hydrogen-bond donors (Lipinski definition) is 0. The highest BCUT2D eigenvalue weighted by atomic mass is 16.5. The second-order valence-corrected chi connectivity index (χ2v) is 6.31. The monoisotopic (exact) mass is 337 g/mol. The molecule has 1 amide bonds. The number of fused-ring (bicyclic) bond motifs is 2. The first-order valence-electron chi connectivity index (χ1n) is 8.45. The summed E-state index contributed by atoms with van der Waals surface area (Å²) in [7, 11) is 1.37. The molecular formula is C20H19NO4. The van der Waals surface area contributed by atoms with Crippen LogP contribution in [0, 0.1) is 0 Å². The van der Waals surface area contributed by atoms with Crippen molar-refractivity contribution >= 4 is 17.6 Å². The Bertz CT molecular complexity index is 820. The summed E-state index contributed by atoms with van der Waals surface area (Å²) in [4.78, 5) is 26.8. The number of methoxy groups -OCH3 is 1. The summed E-state index contributed by atoms with van der Waals surface area (Å²) >= 11 is 0. The minimum atomic E-state index is -0.509. The van der Waals surface area contributed by atoms with Crippen molar-refractivity contribution in [3.05, 3.63) is 59.2 Å². The molecule has 1 atom stereocenters. The van der Waals surface area contributed by atoms with E-state index in [4.69, 9.17) is 9.47 Å². The molecule has 0 saturated heterocycles. The summed E-state index contributed by atoms with van der Waals surface area (Å²) in [6.07, 6.45) is 1.64. The molecule has 2 aliphatic rings. The van der Waals surface area contributed by atoms with Crippen molar-refractivity contribution in [2.75, 3.05) is 18.6 Å². The second-order valence-electron chi connectivity index (χ2n) is 6.31. The zero-order valence-electron chi connectivity index (χ0n) is 14.0. The lowest BCUT2D eigenvalue weighted by molar-refractivity contribution is -0.124. The van der Waals surface area contributed by atoms with Crippen LogP contribution in [0.15, 0.2) is 42.5 Å². The molecule has 2 aromatic carbocycles. The third kappa shape index (κ3) is 2.65. The van der Waals surface area contributed by atoms with Crippen LogP contribution in [0.1, 0.15) is 27.9 Å². The van der Waals surface area contributed by atoms with Gasteiger partial charge < -0.3 is 14.4 Å². The van der Waals surface area contributed by atoms with Gasteiger partial charge in [-0.15, -0.1) is 0 Å². The molecule has 25 heavy (non-hydrogen) atoms. The van der Waals surface area contributed by atoms with Crippen LogP contribution in [0.5, 0.6) is 5.75 Å². The highest BCUT2D eigenvalue weighted by Gasteiger charge is 2.35. The minimum absolute atomic E-state index is 0.0563. The number of carbonyl (C=O) groups is 2. The van der Waals surface area contributed by atoms with Gasteiger partial charge in [0.1, 0.15) is 5.75 Å². The molecule has 0 aromatic heterocycles. The SMILES string of the molecule is COC(=O)c1cccc2c1CCCN2C(=O)C1Cc2ccccc2O1. The van der Waals surface area contributed by atoms with Crippen molar-refractivity contribution in [3.63, 3.8) is 0 Å². The lowest BCUT2D eigenvalue weighted by Gasteiger charge is -2.32. The number of ether oxygens (including phenoxy) is 2. The summed E-state index contributed by atoms with van der Waals surface area (Å²) in [5.41, 5.74) is 3.26. The number of benzene rings is 2. The fraction of sp³-hybridized carbons (Fsp3) is 0.300.